The number of hydrogen-bond acceptors (Lipinski definition) is 3. The van der Waals surface area contributed by atoms with Gasteiger partial charge in [-0.05, 0) is 36.6 Å². The fourth-order valence-corrected chi connectivity index (χ4v) is 4.94. The van der Waals surface area contributed by atoms with Crippen LogP contribution in [0.25, 0.3) is 10.9 Å². The standard InChI is InChI=1S/C24H26N4O2/c1-3-13-25-21(29)15-28-20-11-7-4-8-16(20)17-12-14-27-23(22(17)28)26(2)19-10-6-5-9-18(19)24(27)30/h4-11,23H,3,12-15H2,1-2H3,(H,25,29)/t23-/m1/s1. The number of carbonyl (C=O) groups is 2. The highest BCUT2D eigenvalue weighted by Gasteiger charge is 2.42. The molecule has 1 aromatic heterocycles. The van der Waals surface area contributed by atoms with E-state index in [1.807, 2.05) is 55.3 Å². The second kappa shape index (κ2) is 7.20. The van der Waals surface area contributed by atoms with Gasteiger partial charge >= 0.3 is 0 Å². The molecule has 2 aliphatic rings. The average molecular weight is 402 g/mol. The Morgan fingerprint density at radius 3 is 2.73 bits per heavy atom. The maximum Gasteiger partial charge on any atom is 0.257 e. The van der Waals surface area contributed by atoms with Crippen LogP contribution in [0, 0.1) is 0 Å². The van der Waals surface area contributed by atoms with Gasteiger partial charge < -0.3 is 19.7 Å². The van der Waals surface area contributed by atoms with Crippen LogP contribution in [0.2, 0.25) is 0 Å². The Kier molecular flexibility index (Phi) is 4.50. The van der Waals surface area contributed by atoms with Crippen LogP contribution in [0.1, 0.15) is 41.1 Å². The summed E-state index contributed by atoms with van der Waals surface area (Å²) in [4.78, 5) is 30.1. The molecule has 30 heavy (non-hydrogen) atoms. The van der Waals surface area contributed by atoms with Crippen molar-refractivity contribution < 1.29 is 9.59 Å². The zero-order chi connectivity index (χ0) is 20.8. The smallest absolute Gasteiger partial charge is 0.257 e. The van der Waals surface area contributed by atoms with Crippen LogP contribution >= 0.6 is 0 Å². The molecule has 1 atom stereocenters. The third kappa shape index (κ3) is 2.70. The Morgan fingerprint density at radius 2 is 1.90 bits per heavy atom. The molecule has 0 radical (unpaired) electrons. The molecule has 2 amide bonds. The number of aromatic nitrogens is 1. The van der Waals surface area contributed by atoms with Gasteiger partial charge in [0.25, 0.3) is 5.91 Å². The van der Waals surface area contributed by atoms with Crippen LogP contribution in [0.5, 0.6) is 0 Å². The molecule has 0 saturated carbocycles. The molecule has 3 aromatic rings. The van der Waals surface area contributed by atoms with Crippen molar-refractivity contribution in [2.24, 2.45) is 0 Å². The summed E-state index contributed by atoms with van der Waals surface area (Å²) in [5, 5.41) is 4.17. The van der Waals surface area contributed by atoms with Crippen LogP contribution < -0.4 is 10.2 Å². The molecular weight excluding hydrogens is 376 g/mol. The molecule has 2 aromatic carbocycles. The second-order valence-electron chi connectivity index (χ2n) is 8.07. The maximum absolute atomic E-state index is 13.3. The first-order chi connectivity index (χ1) is 14.6. The SMILES string of the molecule is CCCNC(=O)Cn1c2c(c3ccccc31)CCN1C(=O)c3ccccc3N(C)[C@@H]21. The first-order valence-electron chi connectivity index (χ1n) is 10.6. The molecule has 0 fully saturated rings. The van der Waals surface area contributed by atoms with Gasteiger partial charge in [-0.25, -0.2) is 0 Å². The second-order valence-corrected chi connectivity index (χ2v) is 8.07. The van der Waals surface area contributed by atoms with Crippen LogP contribution in [0.15, 0.2) is 48.5 Å². The Hall–Kier alpha value is -3.28. The highest BCUT2D eigenvalue weighted by atomic mass is 16.2. The summed E-state index contributed by atoms with van der Waals surface area (Å²) >= 11 is 0. The molecule has 3 heterocycles. The predicted molar refractivity (Wildman–Crippen MR) is 118 cm³/mol. The van der Waals surface area contributed by atoms with Gasteiger partial charge in [-0.3, -0.25) is 9.59 Å². The minimum Gasteiger partial charge on any atom is -0.355 e. The van der Waals surface area contributed by atoms with Gasteiger partial charge in [-0.1, -0.05) is 37.3 Å². The van der Waals surface area contributed by atoms with E-state index in [9.17, 15) is 9.59 Å². The fourth-order valence-electron chi connectivity index (χ4n) is 4.94. The number of nitrogens with zero attached hydrogens (tertiary/aromatic N) is 3. The number of nitrogens with one attached hydrogen (secondary N) is 1. The number of para-hydroxylation sites is 2. The number of rotatable bonds is 4. The van der Waals surface area contributed by atoms with E-state index in [1.165, 1.54) is 10.9 Å². The van der Waals surface area contributed by atoms with E-state index in [0.29, 0.717) is 13.1 Å². The molecule has 6 nitrogen and oxygen atoms in total. The maximum atomic E-state index is 13.3. The van der Waals surface area contributed by atoms with Crippen molar-refractivity contribution in [1.29, 1.82) is 0 Å². The Bertz CT molecular complexity index is 1150. The van der Waals surface area contributed by atoms with Crippen molar-refractivity contribution in [1.82, 2.24) is 14.8 Å². The molecule has 1 N–H and O–H groups in total. The topological polar surface area (TPSA) is 57.6 Å². The van der Waals surface area contributed by atoms with Crippen molar-refractivity contribution in [3.8, 4) is 0 Å². The summed E-state index contributed by atoms with van der Waals surface area (Å²) in [6, 6.07) is 16.0. The number of amides is 2. The van der Waals surface area contributed by atoms with E-state index in [2.05, 4.69) is 26.9 Å². The Labute approximate surface area is 176 Å². The summed E-state index contributed by atoms with van der Waals surface area (Å²) in [5.74, 6) is 0.0642. The number of carbonyl (C=O) groups excluding carboxylic acids is 2. The zero-order valence-corrected chi connectivity index (χ0v) is 17.4. The average Bonchev–Trinajstić information content (AvgIpc) is 3.09. The number of fused-ring (bicyclic) bond motifs is 6. The molecular formula is C24H26N4O2. The molecule has 0 saturated heterocycles. The van der Waals surface area contributed by atoms with Gasteiger partial charge in [0.05, 0.1) is 16.9 Å². The number of hydrogen-bond donors (Lipinski definition) is 1. The number of anilines is 1. The summed E-state index contributed by atoms with van der Waals surface area (Å²) < 4.78 is 2.12. The van der Waals surface area contributed by atoms with Crippen LogP contribution in [-0.2, 0) is 17.8 Å². The molecule has 6 heteroatoms. The fraction of sp³-hybridized carbons (Fsp3) is 0.333. The van der Waals surface area contributed by atoms with E-state index in [4.69, 9.17) is 0 Å². The Balaban J connectivity index is 1.68. The summed E-state index contributed by atoms with van der Waals surface area (Å²) in [6.45, 7) is 3.64. The van der Waals surface area contributed by atoms with Crippen molar-refractivity contribution >= 4 is 28.4 Å². The van der Waals surface area contributed by atoms with Crippen LogP contribution in [-0.4, -0.2) is 41.4 Å². The van der Waals surface area contributed by atoms with Crippen molar-refractivity contribution in [3.05, 3.63) is 65.4 Å². The van der Waals surface area contributed by atoms with Gasteiger partial charge in [0.15, 0.2) is 0 Å². The Morgan fingerprint density at radius 1 is 1.13 bits per heavy atom. The van der Waals surface area contributed by atoms with Gasteiger partial charge in [-0.15, -0.1) is 0 Å². The van der Waals surface area contributed by atoms with E-state index in [0.717, 1.165) is 35.3 Å². The van der Waals surface area contributed by atoms with Gasteiger partial charge in [-0.2, -0.15) is 0 Å². The van der Waals surface area contributed by atoms with Gasteiger partial charge in [0.2, 0.25) is 5.91 Å². The molecule has 5 rings (SSSR count). The van der Waals surface area contributed by atoms with Crippen molar-refractivity contribution in [3.63, 3.8) is 0 Å². The monoisotopic (exact) mass is 402 g/mol. The highest BCUT2D eigenvalue weighted by molar-refractivity contribution is 6.02. The van der Waals surface area contributed by atoms with E-state index < -0.39 is 0 Å². The lowest BCUT2D eigenvalue weighted by atomic mass is 9.96. The highest BCUT2D eigenvalue weighted by Crippen LogP contribution is 2.44. The lowest BCUT2D eigenvalue weighted by molar-refractivity contribution is -0.121. The van der Waals surface area contributed by atoms with Crippen molar-refractivity contribution in [2.45, 2.75) is 32.5 Å². The summed E-state index contributed by atoms with van der Waals surface area (Å²) in [6.07, 6.45) is 1.47. The normalized spacial score (nSPS) is 17.5. The molecule has 2 aliphatic heterocycles. The number of benzene rings is 2. The van der Waals surface area contributed by atoms with E-state index in [1.54, 1.807) is 0 Å². The third-order valence-corrected chi connectivity index (χ3v) is 6.28. The molecule has 0 bridgehead atoms. The van der Waals surface area contributed by atoms with Crippen molar-refractivity contribution in [2.75, 3.05) is 25.0 Å². The summed E-state index contributed by atoms with van der Waals surface area (Å²) in [5.41, 5.74) is 5.02. The largest absolute Gasteiger partial charge is 0.355 e. The lowest BCUT2D eigenvalue weighted by Crippen LogP contribution is -2.51. The summed E-state index contributed by atoms with van der Waals surface area (Å²) in [7, 11) is 2.04. The third-order valence-electron chi connectivity index (χ3n) is 6.28. The predicted octanol–water partition coefficient (Wildman–Crippen LogP) is 3.31. The van der Waals surface area contributed by atoms with E-state index in [-0.39, 0.29) is 24.5 Å². The minimum absolute atomic E-state index is 0.00251. The molecule has 0 unspecified atom stereocenters. The lowest BCUT2D eigenvalue weighted by Gasteiger charge is -2.46. The zero-order valence-electron chi connectivity index (χ0n) is 17.4. The first-order valence-corrected chi connectivity index (χ1v) is 10.6. The van der Waals surface area contributed by atoms with Crippen LogP contribution in [0.3, 0.4) is 0 Å². The van der Waals surface area contributed by atoms with Crippen LogP contribution in [0.4, 0.5) is 5.69 Å². The minimum atomic E-state index is -0.220. The van der Waals surface area contributed by atoms with Gasteiger partial charge in [0.1, 0.15) is 12.7 Å². The quantitative estimate of drug-likeness (QED) is 0.728. The molecule has 0 spiro atoms. The first kappa shape index (κ1) is 18.7. The molecule has 0 aliphatic carbocycles. The van der Waals surface area contributed by atoms with Gasteiger partial charge in [0, 0.05) is 31.0 Å². The van der Waals surface area contributed by atoms with E-state index >= 15 is 0 Å². The molecule has 154 valence electrons.